The Balaban J connectivity index is 2.76. The Hall–Kier alpha value is -1.01. The smallest absolute Gasteiger partial charge is 0.232 e. The number of alkyl halides is 1. The summed E-state index contributed by atoms with van der Waals surface area (Å²) >= 11 is 5.37. The molecule has 0 heterocycles. The van der Waals surface area contributed by atoms with E-state index in [9.17, 15) is 12.8 Å². The Morgan fingerprint density at radius 3 is 2.69 bits per heavy atom. The van der Waals surface area contributed by atoms with E-state index in [4.69, 9.17) is 16.7 Å². The van der Waals surface area contributed by atoms with Gasteiger partial charge in [-0.1, -0.05) is 0 Å². The number of nitrogens with one attached hydrogen (secondary N) is 1. The maximum Gasteiger partial charge on any atom is 0.232 e. The van der Waals surface area contributed by atoms with Crippen molar-refractivity contribution in [3.05, 3.63) is 24.0 Å². The van der Waals surface area contributed by atoms with Crippen molar-refractivity contribution in [3.8, 4) is 5.75 Å². The van der Waals surface area contributed by atoms with Crippen molar-refractivity contribution in [3.63, 3.8) is 0 Å². The van der Waals surface area contributed by atoms with Crippen molar-refractivity contribution in [2.24, 2.45) is 0 Å². The summed E-state index contributed by atoms with van der Waals surface area (Å²) in [6, 6.07) is 3.26. The van der Waals surface area contributed by atoms with Gasteiger partial charge in [0.05, 0.1) is 11.4 Å². The predicted octanol–water partition coefficient (Wildman–Crippen LogP) is 1.90. The largest absolute Gasteiger partial charge is 0.505 e. The molecule has 0 aliphatic heterocycles. The summed E-state index contributed by atoms with van der Waals surface area (Å²) in [5.74, 6) is -1.29. The number of halogens is 2. The lowest BCUT2D eigenvalue weighted by Crippen LogP contribution is -2.17. The molecule has 2 N–H and O–H groups in total. The number of benzene rings is 1. The van der Waals surface area contributed by atoms with E-state index >= 15 is 0 Å². The Morgan fingerprint density at radius 1 is 1.44 bits per heavy atom. The van der Waals surface area contributed by atoms with Crippen LogP contribution in [0.2, 0.25) is 0 Å². The van der Waals surface area contributed by atoms with Crippen LogP contribution in [0.4, 0.5) is 10.1 Å². The topological polar surface area (TPSA) is 66.4 Å². The van der Waals surface area contributed by atoms with Gasteiger partial charge in [-0.3, -0.25) is 4.72 Å². The molecule has 0 unspecified atom stereocenters. The van der Waals surface area contributed by atoms with Crippen LogP contribution in [0.25, 0.3) is 0 Å². The van der Waals surface area contributed by atoms with Crippen LogP contribution in [-0.2, 0) is 10.0 Å². The normalized spacial score (nSPS) is 11.4. The molecule has 0 bridgehead atoms. The minimum Gasteiger partial charge on any atom is -0.505 e. The zero-order valence-electron chi connectivity index (χ0n) is 8.28. The second-order valence-electron chi connectivity index (χ2n) is 3.13. The van der Waals surface area contributed by atoms with Crippen LogP contribution in [0, 0.1) is 5.82 Å². The Bertz CT molecular complexity index is 464. The van der Waals surface area contributed by atoms with E-state index in [1.54, 1.807) is 0 Å². The van der Waals surface area contributed by atoms with E-state index in [1.807, 2.05) is 0 Å². The highest BCUT2D eigenvalue weighted by molar-refractivity contribution is 7.92. The van der Waals surface area contributed by atoms with Gasteiger partial charge in [-0.15, -0.1) is 11.6 Å². The average Bonchev–Trinajstić information content (AvgIpc) is 2.20. The summed E-state index contributed by atoms with van der Waals surface area (Å²) in [6.45, 7) is 0. The van der Waals surface area contributed by atoms with Gasteiger partial charge >= 0.3 is 0 Å². The highest BCUT2D eigenvalue weighted by Gasteiger charge is 2.11. The van der Waals surface area contributed by atoms with E-state index in [0.717, 1.165) is 12.1 Å². The molecule has 7 heteroatoms. The number of anilines is 1. The number of rotatable bonds is 5. The first-order valence-electron chi connectivity index (χ1n) is 4.49. The molecule has 0 saturated heterocycles. The van der Waals surface area contributed by atoms with Gasteiger partial charge in [0, 0.05) is 11.9 Å². The highest BCUT2D eigenvalue weighted by atomic mass is 35.5. The van der Waals surface area contributed by atoms with Crippen molar-refractivity contribution >= 4 is 27.3 Å². The third-order valence-electron chi connectivity index (χ3n) is 1.77. The quantitative estimate of drug-likeness (QED) is 0.633. The highest BCUT2D eigenvalue weighted by Crippen LogP contribution is 2.20. The van der Waals surface area contributed by atoms with Gasteiger partial charge in [-0.05, 0) is 18.6 Å². The monoisotopic (exact) mass is 267 g/mol. The number of hydrogen-bond donors (Lipinski definition) is 2. The van der Waals surface area contributed by atoms with E-state index in [2.05, 4.69) is 4.72 Å². The molecule has 0 radical (unpaired) electrons. The maximum absolute atomic E-state index is 12.9. The molecular weight excluding hydrogens is 257 g/mol. The molecular formula is C9H11ClFNO3S. The van der Waals surface area contributed by atoms with Crippen LogP contribution in [0.3, 0.4) is 0 Å². The summed E-state index contributed by atoms with van der Waals surface area (Å²) in [4.78, 5) is 0. The van der Waals surface area contributed by atoms with Gasteiger partial charge < -0.3 is 5.11 Å². The molecule has 0 aromatic heterocycles. The Morgan fingerprint density at radius 2 is 2.12 bits per heavy atom. The lowest BCUT2D eigenvalue weighted by Gasteiger charge is -2.07. The SMILES string of the molecule is O=S(=O)(CCCCl)Nc1ccc(O)c(F)c1. The molecule has 4 nitrogen and oxygen atoms in total. The molecule has 1 aromatic carbocycles. The third kappa shape index (κ3) is 3.86. The maximum atomic E-state index is 12.9. The first-order chi connectivity index (χ1) is 7.44. The summed E-state index contributed by atoms with van der Waals surface area (Å²) < 4.78 is 37.9. The predicted molar refractivity (Wildman–Crippen MR) is 60.8 cm³/mol. The lowest BCUT2D eigenvalue weighted by molar-refractivity contribution is 0.432. The molecule has 0 fully saturated rings. The number of hydrogen-bond acceptors (Lipinski definition) is 3. The first kappa shape index (κ1) is 13.1. The summed E-state index contributed by atoms with van der Waals surface area (Å²) in [5.41, 5.74) is 0.0740. The second kappa shape index (κ2) is 5.36. The summed E-state index contributed by atoms with van der Waals surface area (Å²) in [6.07, 6.45) is 0.317. The van der Waals surface area contributed by atoms with Gasteiger partial charge in [0.2, 0.25) is 10.0 Å². The standard InChI is InChI=1S/C9H11ClFNO3S/c10-4-1-5-16(14,15)12-7-2-3-9(13)8(11)6-7/h2-3,6,12-13H,1,4-5H2. The number of phenols is 1. The number of aromatic hydroxyl groups is 1. The summed E-state index contributed by atoms with van der Waals surface area (Å²) in [5, 5.41) is 8.91. The molecule has 0 amide bonds. The van der Waals surface area contributed by atoms with E-state index in [-0.39, 0.29) is 17.3 Å². The Kier molecular flexibility index (Phi) is 4.37. The van der Waals surface area contributed by atoms with Gasteiger partial charge in [0.1, 0.15) is 0 Å². The zero-order chi connectivity index (χ0) is 12.2. The van der Waals surface area contributed by atoms with Crippen molar-refractivity contribution in [2.45, 2.75) is 6.42 Å². The van der Waals surface area contributed by atoms with Crippen LogP contribution in [-0.4, -0.2) is 25.2 Å². The molecule has 0 atom stereocenters. The molecule has 0 aliphatic carbocycles. The first-order valence-corrected chi connectivity index (χ1v) is 6.68. The van der Waals surface area contributed by atoms with Crippen molar-refractivity contribution in [1.82, 2.24) is 0 Å². The van der Waals surface area contributed by atoms with E-state index in [0.29, 0.717) is 6.42 Å². The number of phenolic OH excluding ortho intramolecular Hbond substituents is 1. The van der Waals surface area contributed by atoms with Gasteiger partial charge in [-0.2, -0.15) is 0 Å². The van der Waals surface area contributed by atoms with Gasteiger partial charge in [-0.25, -0.2) is 12.8 Å². The molecule has 1 aromatic rings. The van der Waals surface area contributed by atoms with Crippen LogP contribution in [0.15, 0.2) is 18.2 Å². The van der Waals surface area contributed by atoms with Crippen molar-refractivity contribution < 1.29 is 17.9 Å². The van der Waals surface area contributed by atoms with Crippen molar-refractivity contribution in [1.29, 1.82) is 0 Å². The van der Waals surface area contributed by atoms with E-state index < -0.39 is 21.6 Å². The fourth-order valence-electron chi connectivity index (χ4n) is 1.05. The second-order valence-corrected chi connectivity index (χ2v) is 5.35. The van der Waals surface area contributed by atoms with Crippen LogP contribution in [0.1, 0.15) is 6.42 Å². The minimum atomic E-state index is -3.51. The lowest BCUT2D eigenvalue weighted by atomic mass is 10.3. The molecule has 16 heavy (non-hydrogen) atoms. The molecule has 0 aliphatic rings. The third-order valence-corrected chi connectivity index (χ3v) is 3.41. The molecule has 1 rings (SSSR count). The van der Waals surface area contributed by atoms with Crippen LogP contribution in [0.5, 0.6) is 5.75 Å². The zero-order valence-corrected chi connectivity index (χ0v) is 9.85. The van der Waals surface area contributed by atoms with Gasteiger partial charge in [0.25, 0.3) is 0 Å². The molecule has 0 spiro atoms. The van der Waals surface area contributed by atoms with Crippen LogP contribution < -0.4 is 4.72 Å². The van der Waals surface area contributed by atoms with Gasteiger partial charge in [0.15, 0.2) is 11.6 Å². The molecule has 90 valence electrons. The van der Waals surface area contributed by atoms with Crippen molar-refractivity contribution in [2.75, 3.05) is 16.4 Å². The van der Waals surface area contributed by atoms with Crippen LogP contribution >= 0.6 is 11.6 Å². The van der Waals surface area contributed by atoms with E-state index in [1.165, 1.54) is 6.07 Å². The fraction of sp³-hybridized carbons (Fsp3) is 0.333. The molecule has 0 saturated carbocycles. The Labute approximate surface area is 98.1 Å². The minimum absolute atomic E-state index is 0.0740. The summed E-state index contributed by atoms with van der Waals surface area (Å²) in [7, 11) is -3.51. The fourth-order valence-corrected chi connectivity index (χ4v) is 2.45. The number of sulfonamides is 1. The average molecular weight is 268 g/mol.